The van der Waals surface area contributed by atoms with Crippen molar-refractivity contribution in [2.45, 2.75) is 25.9 Å². The summed E-state index contributed by atoms with van der Waals surface area (Å²) in [4.78, 5) is 11.2. The van der Waals surface area contributed by atoms with Gasteiger partial charge in [0, 0.05) is 12.8 Å². The minimum atomic E-state index is -0.272. The van der Waals surface area contributed by atoms with Gasteiger partial charge in [-0.1, -0.05) is 6.07 Å². The Bertz CT molecular complexity index is 367. The molecule has 0 amide bonds. The van der Waals surface area contributed by atoms with Crippen molar-refractivity contribution in [3.8, 4) is 0 Å². The molecule has 2 rings (SSSR count). The van der Waals surface area contributed by atoms with E-state index in [1.807, 2.05) is 13.0 Å². The van der Waals surface area contributed by atoms with E-state index in [2.05, 4.69) is 0 Å². The molecule has 3 heteroatoms. The van der Waals surface area contributed by atoms with Crippen LogP contribution in [0.5, 0.6) is 0 Å². The number of carbonyl (C=O) groups is 1. The predicted octanol–water partition coefficient (Wildman–Crippen LogP) is 2.55. The highest BCUT2D eigenvalue weighted by Gasteiger charge is 2.22. The molecule has 1 aliphatic heterocycles. The van der Waals surface area contributed by atoms with Crippen LogP contribution < -0.4 is 0 Å². The molecule has 1 fully saturated rings. The average Bonchev–Trinajstić information content (AvgIpc) is 2.16. The molecular weight excluding hydrogens is 195 g/mol. The highest BCUT2D eigenvalue weighted by atomic mass is 19.1. The van der Waals surface area contributed by atoms with E-state index in [4.69, 9.17) is 4.74 Å². The molecule has 0 saturated carbocycles. The summed E-state index contributed by atoms with van der Waals surface area (Å²) in [7, 11) is 0. The third-order valence-electron chi connectivity index (χ3n) is 2.55. The Morgan fingerprint density at radius 1 is 1.40 bits per heavy atom. The highest BCUT2D eigenvalue weighted by Crippen LogP contribution is 2.27. The smallest absolute Gasteiger partial charge is 0.138 e. The molecule has 2 nitrogen and oxygen atoms in total. The normalized spacial score (nSPS) is 21.7. The lowest BCUT2D eigenvalue weighted by molar-refractivity contribution is -0.128. The van der Waals surface area contributed by atoms with Gasteiger partial charge < -0.3 is 4.74 Å². The van der Waals surface area contributed by atoms with Gasteiger partial charge in [-0.15, -0.1) is 0 Å². The first kappa shape index (κ1) is 10.3. The summed E-state index contributed by atoms with van der Waals surface area (Å²) in [5, 5.41) is 0. The number of Topliss-reactive ketones (excluding diaryl/α,β-unsaturated/α-hetero) is 1. The van der Waals surface area contributed by atoms with Gasteiger partial charge in [-0.2, -0.15) is 0 Å². The van der Waals surface area contributed by atoms with Crippen LogP contribution in [0.2, 0.25) is 0 Å². The second-order valence-electron chi connectivity index (χ2n) is 3.91. The van der Waals surface area contributed by atoms with Crippen molar-refractivity contribution in [3.05, 3.63) is 35.1 Å². The summed E-state index contributed by atoms with van der Waals surface area (Å²) in [5.74, 6) is -0.0835. The molecule has 80 valence electrons. The number of hydrogen-bond acceptors (Lipinski definition) is 2. The third-order valence-corrected chi connectivity index (χ3v) is 2.55. The van der Waals surface area contributed by atoms with Crippen LogP contribution in [0.3, 0.4) is 0 Å². The van der Waals surface area contributed by atoms with Crippen molar-refractivity contribution in [3.63, 3.8) is 0 Å². The molecule has 15 heavy (non-hydrogen) atoms. The van der Waals surface area contributed by atoms with Gasteiger partial charge >= 0.3 is 0 Å². The number of halogens is 1. The number of ketones is 1. The first-order valence-corrected chi connectivity index (χ1v) is 5.05. The molecule has 1 heterocycles. The Morgan fingerprint density at radius 3 is 2.87 bits per heavy atom. The van der Waals surface area contributed by atoms with E-state index in [0.29, 0.717) is 19.4 Å². The van der Waals surface area contributed by atoms with Gasteiger partial charge in [0.2, 0.25) is 0 Å². The molecule has 0 bridgehead atoms. The van der Waals surface area contributed by atoms with Crippen LogP contribution in [0.25, 0.3) is 0 Å². The zero-order valence-corrected chi connectivity index (χ0v) is 8.63. The molecule has 1 aliphatic rings. The van der Waals surface area contributed by atoms with E-state index in [1.54, 1.807) is 0 Å². The fraction of sp³-hybridized carbons (Fsp3) is 0.417. The van der Waals surface area contributed by atoms with Crippen molar-refractivity contribution in [2.24, 2.45) is 0 Å². The van der Waals surface area contributed by atoms with Crippen molar-refractivity contribution in [1.29, 1.82) is 0 Å². The summed E-state index contributed by atoms with van der Waals surface area (Å²) in [6, 6.07) is 4.77. The average molecular weight is 208 g/mol. The number of benzene rings is 1. The standard InChI is InChI=1S/C12H13FO2/c1-8-4-9(6-10(13)5-8)12-7-11(14)2-3-15-12/h4-6,12H,2-3,7H2,1H3. The Morgan fingerprint density at radius 2 is 2.20 bits per heavy atom. The molecule has 0 N–H and O–H groups in total. The van der Waals surface area contributed by atoms with Crippen molar-refractivity contribution in [2.75, 3.05) is 6.61 Å². The maximum atomic E-state index is 13.1. The first-order chi connectivity index (χ1) is 7.15. The maximum absolute atomic E-state index is 13.1. The van der Waals surface area contributed by atoms with Gasteiger partial charge in [-0.3, -0.25) is 4.79 Å². The van der Waals surface area contributed by atoms with E-state index in [0.717, 1.165) is 11.1 Å². The minimum Gasteiger partial charge on any atom is -0.373 e. The summed E-state index contributed by atoms with van der Waals surface area (Å²) < 4.78 is 18.6. The van der Waals surface area contributed by atoms with Gasteiger partial charge in [0.15, 0.2) is 0 Å². The number of hydrogen-bond donors (Lipinski definition) is 0. The Hall–Kier alpha value is -1.22. The van der Waals surface area contributed by atoms with Gasteiger partial charge in [-0.25, -0.2) is 4.39 Å². The van der Waals surface area contributed by atoms with Crippen LogP contribution >= 0.6 is 0 Å². The SMILES string of the molecule is Cc1cc(F)cc(C2CC(=O)CCO2)c1. The second-order valence-corrected chi connectivity index (χ2v) is 3.91. The third kappa shape index (κ3) is 2.42. The van der Waals surface area contributed by atoms with Crippen molar-refractivity contribution >= 4 is 5.78 Å². The molecule has 1 atom stereocenters. The Balaban J connectivity index is 2.24. The molecule has 1 aromatic rings. The summed E-state index contributed by atoms with van der Waals surface area (Å²) >= 11 is 0. The number of carbonyl (C=O) groups excluding carboxylic acids is 1. The van der Waals surface area contributed by atoms with Crippen molar-refractivity contribution < 1.29 is 13.9 Å². The fourth-order valence-electron chi connectivity index (χ4n) is 1.85. The predicted molar refractivity (Wildman–Crippen MR) is 54.1 cm³/mol. The summed E-state index contributed by atoms with van der Waals surface area (Å²) in [6.07, 6.45) is 0.578. The van der Waals surface area contributed by atoms with Crippen LogP contribution in [-0.4, -0.2) is 12.4 Å². The summed E-state index contributed by atoms with van der Waals surface area (Å²) in [5.41, 5.74) is 1.62. The molecular formula is C12H13FO2. The van der Waals surface area contributed by atoms with Crippen LogP contribution in [-0.2, 0) is 9.53 Å². The topological polar surface area (TPSA) is 26.3 Å². The molecule has 0 spiro atoms. The minimum absolute atomic E-state index is 0.188. The van der Waals surface area contributed by atoms with Crippen LogP contribution in [0, 0.1) is 12.7 Å². The number of ether oxygens (including phenoxy) is 1. The van der Waals surface area contributed by atoms with Crippen LogP contribution in [0.4, 0.5) is 4.39 Å². The molecule has 0 aliphatic carbocycles. The first-order valence-electron chi connectivity index (χ1n) is 5.05. The molecule has 1 aromatic carbocycles. The Labute approximate surface area is 88.1 Å². The van der Waals surface area contributed by atoms with E-state index < -0.39 is 0 Å². The second kappa shape index (κ2) is 4.11. The molecule has 0 radical (unpaired) electrons. The fourth-order valence-corrected chi connectivity index (χ4v) is 1.85. The van der Waals surface area contributed by atoms with Gasteiger partial charge in [0.25, 0.3) is 0 Å². The van der Waals surface area contributed by atoms with Crippen LogP contribution in [0.15, 0.2) is 18.2 Å². The van der Waals surface area contributed by atoms with E-state index >= 15 is 0 Å². The maximum Gasteiger partial charge on any atom is 0.138 e. The lowest BCUT2D eigenvalue weighted by atomic mass is 9.99. The van der Waals surface area contributed by atoms with Crippen molar-refractivity contribution in [1.82, 2.24) is 0 Å². The number of rotatable bonds is 1. The zero-order valence-electron chi connectivity index (χ0n) is 8.63. The quantitative estimate of drug-likeness (QED) is 0.709. The molecule has 1 unspecified atom stereocenters. The lowest BCUT2D eigenvalue weighted by Crippen LogP contribution is -2.19. The summed E-state index contributed by atoms with van der Waals surface area (Å²) in [6.45, 7) is 2.27. The monoisotopic (exact) mass is 208 g/mol. The van der Waals surface area contributed by atoms with Gasteiger partial charge in [0.05, 0.1) is 12.7 Å². The molecule has 1 saturated heterocycles. The lowest BCUT2D eigenvalue weighted by Gasteiger charge is -2.22. The van der Waals surface area contributed by atoms with E-state index in [1.165, 1.54) is 12.1 Å². The number of aryl methyl sites for hydroxylation is 1. The Kier molecular flexibility index (Phi) is 2.82. The zero-order chi connectivity index (χ0) is 10.8. The highest BCUT2D eigenvalue weighted by molar-refractivity contribution is 5.79. The van der Waals surface area contributed by atoms with Gasteiger partial charge in [0.1, 0.15) is 11.6 Å². The largest absolute Gasteiger partial charge is 0.373 e. The van der Waals surface area contributed by atoms with Gasteiger partial charge in [-0.05, 0) is 30.2 Å². The molecule has 0 aromatic heterocycles. The van der Waals surface area contributed by atoms with E-state index in [-0.39, 0.29) is 17.7 Å². The van der Waals surface area contributed by atoms with Crippen LogP contribution in [0.1, 0.15) is 30.1 Å². The van der Waals surface area contributed by atoms with E-state index in [9.17, 15) is 9.18 Å².